The molecule has 0 saturated carbocycles. The zero-order valence-electron chi connectivity index (χ0n) is 8.79. The summed E-state index contributed by atoms with van der Waals surface area (Å²) in [5.74, 6) is -0.221. The second-order valence-corrected chi connectivity index (χ2v) is 3.60. The number of fused-ring (bicyclic) bond motifs is 1. The zero-order valence-corrected chi connectivity index (χ0v) is 8.79. The van der Waals surface area contributed by atoms with Crippen LogP contribution in [0.5, 0.6) is 0 Å². The molecule has 0 aromatic carbocycles. The molecule has 1 unspecified atom stereocenters. The van der Waals surface area contributed by atoms with Gasteiger partial charge in [0.15, 0.2) is 5.65 Å². The number of carboxylic acids is 1. The summed E-state index contributed by atoms with van der Waals surface area (Å²) >= 11 is 0. The molecule has 0 aliphatic heterocycles. The SMILES string of the molecule is Cc1nnc2cccc(C(N)CC(=O)O)n12. The maximum absolute atomic E-state index is 10.6. The van der Waals surface area contributed by atoms with Gasteiger partial charge in [0.25, 0.3) is 0 Å². The second kappa shape index (κ2) is 3.90. The highest BCUT2D eigenvalue weighted by Gasteiger charge is 2.15. The summed E-state index contributed by atoms with van der Waals surface area (Å²) in [6.45, 7) is 1.80. The van der Waals surface area contributed by atoms with Crippen LogP contribution in [-0.4, -0.2) is 25.7 Å². The first-order valence-corrected chi connectivity index (χ1v) is 4.87. The Kier molecular flexibility index (Phi) is 2.57. The lowest BCUT2D eigenvalue weighted by Crippen LogP contribution is -2.18. The first-order valence-electron chi connectivity index (χ1n) is 4.87. The molecule has 6 heteroatoms. The Hall–Kier alpha value is -1.95. The van der Waals surface area contributed by atoms with Gasteiger partial charge in [-0.25, -0.2) is 0 Å². The van der Waals surface area contributed by atoms with Crippen molar-refractivity contribution in [3.05, 3.63) is 29.7 Å². The van der Waals surface area contributed by atoms with E-state index in [1.54, 1.807) is 29.5 Å². The number of rotatable bonds is 3. The van der Waals surface area contributed by atoms with E-state index < -0.39 is 12.0 Å². The number of pyridine rings is 1. The molecule has 2 rings (SSSR count). The van der Waals surface area contributed by atoms with Gasteiger partial charge in [0, 0.05) is 5.69 Å². The molecule has 6 nitrogen and oxygen atoms in total. The van der Waals surface area contributed by atoms with Crippen LogP contribution in [0.1, 0.15) is 24.0 Å². The van der Waals surface area contributed by atoms with Gasteiger partial charge in [0.05, 0.1) is 12.5 Å². The molecule has 0 aliphatic carbocycles. The van der Waals surface area contributed by atoms with E-state index >= 15 is 0 Å². The van der Waals surface area contributed by atoms with Crippen LogP contribution in [0.25, 0.3) is 5.65 Å². The van der Waals surface area contributed by atoms with Gasteiger partial charge in [0.1, 0.15) is 5.82 Å². The Balaban J connectivity index is 2.50. The van der Waals surface area contributed by atoms with Gasteiger partial charge in [-0.05, 0) is 19.1 Å². The Labute approximate surface area is 91.7 Å². The van der Waals surface area contributed by atoms with Crippen LogP contribution in [-0.2, 0) is 4.79 Å². The van der Waals surface area contributed by atoms with E-state index in [0.29, 0.717) is 17.2 Å². The van der Waals surface area contributed by atoms with Crippen LogP contribution >= 0.6 is 0 Å². The summed E-state index contributed by atoms with van der Waals surface area (Å²) in [5.41, 5.74) is 7.22. The van der Waals surface area contributed by atoms with Crippen molar-refractivity contribution in [2.75, 3.05) is 0 Å². The number of aryl methyl sites for hydroxylation is 1. The lowest BCUT2D eigenvalue weighted by atomic mass is 10.1. The smallest absolute Gasteiger partial charge is 0.305 e. The normalized spacial score (nSPS) is 12.9. The molecular formula is C10H12N4O2. The van der Waals surface area contributed by atoms with Gasteiger partial charge < -0.3 is 10.8 Å². The van der Waals surface area contributed by atoms with Crippen molar-refractivity contribution in [2.45, 2.75) is 19.4 Å². The summed E-state index contributed by atoms with van der Waals surface area (Å²) in [5, 5.41) is 16.6. The molecule has 2 heterocycles. The maximum atomic E-state index is 10.6. The minimum Gasteiger partial charge on any atom is -0.481 e. The number of aliphatic carboxylic acids is 1. The molecule has 3 N–H and O–H groups in total. The van der Waals surface area contributed by atoms with Crippen molar-refractivity contribution in [3.8, 4) is 0 Å². The lowest BCUT2D eigenvalue weighted by molar-refractivity contribution is -0.137. The van der Waals surface area contributed by atoms with Crippen molar-refractivity contribution < 1.29 is 9.90 Å². The van der Waals surface area contributed by atoms with E-state index in [9.17, 15) is 4.79 Å². The Morgan fingerprint density at radius 2 is 2.31 bits per heavy atom. The van der Waals surface area contributed by atoms with Gasteiger partial charge in [0.2, 0.25) is 0 Å². The molecule has 84 valence electrons. The van der Waals surface area contributed by atoms with E-state index in [1.807, 2.05) is 0 Å². The quantitative estimate of drug-likeness (QED) is 0.786. The number of carboxylic acid groups (broad SMARTS) is 1. The molecule has 0 spiro atoms. The van der Waals surface area contributed by atoms with Crippen molar-refractivity contribution in [1.29, 1.82) is 0 Å². The Morgan fingerprint density at radius 3 is 3.00 bits per heavy atom. The fourth-order valence-corrected chi connectivity index (χ4v) is 1.70. The van der Waals surface area contributed by atoms with Gasteiger partial charge in [-0.15, -0.1) is 10.2 Å². The third kappa shape index (κ3) is 1.74. The van der Waals surface area contributed by atoms with Crippen LogP contribution in [0.3, 0.4) is 0 Å². The predicted molar refractivity (Wildman–Crippen MR) is 56.9 cm³/mol. The van der Waals surface area contributed by atoms with Crippen molar-refractivity contribution in [2.24, 2.45) is 5.73 Å². The highest BCUT2D eigenvalue weighted by atomic mass is 16.4. The van der Waals surface area contributed by atoms with E-state index in [0.717, 1.165) is 0 Å². The number of nitrogens with zero attached hydrogens (tertiary/aromatic N) is 3. The number of nitrogens with two attached hydrogens (primary N) is 1. The van der Waals surface area contributed by atoms with Gasteiger partial charge in [-0.1, -0.05) is 6.07 Å². The first kappa shape index (κ1) is 10.6. The fourth-order valence-electron chi connectivity index (χ4n) is 1.70. The number of hydrogen-bond donors (Lipinski definition) is 2. The first-order chi connectivity index (χ1) is 7.59. The molecular weight excluding hydrogens is 208 g/mol. The molecule has 0 saturated heterocycles. The van der Waals surface area contributed by atoms with Crippen LogP contribution in [0, 0.1) is 6.92 Å². The largest absolute Gasteiger partial charge is 0.481 e. The monoisotopic (exact) mass is 220 g/mol. The summed E-state index contributed by atoms with van der Waals surface area (Å²) in [6, 6.07) is 4.82. The van der Waals surface area contributed by atoms with E-state index in [2.05, 4.69) is 10.2 Å². The molecule has 1 atom stereocenters. The average Bonchev–Trinajstić information content (AvgIpc) is 2.59. The molecule has 0 bridgehead atoms. The van der Waals surface area contributed by atoms with Crippen LogP contribution in [0.15, 0.2) is 18.2 Å². The summed E-state index contributed by atoms with van der Waals surface area (Å²) in [6.07, 6.45) is -0.114. The summed E-state index contributed by atoms with van der Waals surface area (Å²) in [4.78, 5) is 10.6. The van der Waals surface area contributed by atoms with Crippen molar-refractivity contribution >= 4 is 11.6 Å². The van der Waals surface area contributed by atoms with Gasteiger partial charge >= 0.3 is 5.97 Å². The highest BCUT2D eigenvalue weighted by molar-refractivity contribution is 5.67. The van der Waals surface area contributed by atoms with E-state index in [1.165, 1.54) is 0 Å². The lowest BCUT2D eigenvalue weighted by Gasteiger charge is -2.12. The predicted octanol–water partition coefficient (Wildman–Crippen LogP) is 0.512. The number of aromatic nitrogens is 3. The van der Waals surface area contributed by atoms with Crippen LogP contribution in [0.4, 0.5) is 0 Å². The molecule has 2 aromatic rings. The molecule has 0 fully saturated rings. The second-order valence-electron chi connectivity index (χ2n) is 3.60. The molecule has 0 amide bonds. The van der Waals surface area contributed by atoms with Gasteiger partial charge in [-0.2, -0.15) is 0 Å². The van der Waals surface area contributed by atoms with E-state index in [-0.39, 0.29) is 6.42 Å². The third-order valence-electron chi connectivity index (χ3n) is 2.39. The summed E-state index contributed by atoms with van der Waals surface area (Å²) < 4.78 is 1.77. The van der Waals surface area contributed by atoms with Crippen LogP contribution in [0.2, 0.25) is 0 Å². The highest BCUT2D eigenvalue weighted by Crippen LogP contribution is 2.16. The standard InChI is InChI=1S/C10H12N4O2/c1-6-12-13-9-4-2-3-8(14(6)9)7(11)5-10(15)16/h2-4,7H,5,11H2,1H3,(H,15,16). The zero-order chi connectivity index (χ0) is 11.7. The van der Waals surface area contributed by atoms with Gasteiger partial charge in [-0.3, -0.25) is 9.20 Å². The molecule has 0 aliphatic rings. The van der Waals surface area contributed by atoms with E-state index in [4.69, 9.17) is 10.8 Å². The van der Waals surface area contributed by atoms with Crippen molar-refractivity contribution in [1.82, 2.24) is 14.6 Å². The van der Waals surface area contributed by atoms with Crippen LogP contribution < -0.4 is 5.73 Å². The number of carbonyl (C=O) groups is 1. The number of hydrogen-bond acceptors (Lipinski definition) is 4. The maximum Gasteiger partial charge on any atom is 0.305 e. The minimum atomic E-state index is -0.921. The fraction of sp³-hybridized carbons (Fsp3) is 0.300. The van der Waals surface area contributed by atoms with Crippen molar-refractivity contribution in [3.63, 3.8) is 0 Å². The molecule has 2 aromatic heterocycles. The topological polar surface area (TPSA) is 93.5 Å². The average molecular weight is 220 g/mol. The molecule has 16 heavy (non-hydrogen) atoms. The Morgan fingerprint density at radius 1 is 1.56 bits per heavy atom. The summed E-state index contributed by atoms with van der Waals surface area (Å²) in [7, 11) is 0. The molecule has 0 radical (unpaired) electrons. The Bertz CT molecular complexity index is 535. The minimum absolute atomic E-state index is 0.114. The third-order valence-corrected chi connectivity index (χ3v) is 2.39.